The lowest BCUT2D eigenvalue weighted by Gasteiger charge is -2.18. The van der Waals surface area contributed by atoms with Gasteiger partial charge < -0.3 is 10.1 Å². The summed E-state index contributed by atoms with van der Waals surface area (Å²) in [5.74, 6) is 0.918. The van der Waals surface area contributed by atoms with Crippen molar-refractivity contribution in [3.63, 3.8) is 0 Å². The van der Waals surface area contributed by atoms with Crippen LogP contribution in [0, 0.1) is 5.92 Å². The van der Waals surface area contributed by atoms with E-state index in [1.807, 2.05) is 0 Å². The van der Waals surface area contributed by atoms with Crippen molar-refractivity contribution in [3.8, 4) is 5.75 Å². The summed E-state index contributed by atoms with van der Waals surface area (Å²) in [6.07, 6.45) is -2.13. The van der Waals surface area contributed by atoms with Crippen molar-refractivity contribution in [1.82, 2.24) is 14.9 Å². The Labute approximate surface area is 125 Å². The first kappa shape index (κ1) is 16.1. The van der Waals surface area contributed by atoms with Gasteiger partial charge in [0.2, 0.25) is 0 Å². The van der Waals surface area contributed by atoms with Crippen molar-refractivity contribution in [2.24, 2.45) is 5.92 Å². The van der Waals surface area contributed by atoms with Crippen LogP contribution >= 0.6 is 11.6 Å². The summed E-state index contributed by atoms with van der Waals surface area (Å²) in [6, 6.07) is 0. The van der Waals surface area contributed by atoms with E-state index in [0.717, 1.165) is 0 Å². The summed E-state index contributed by atoms with van der Waals surface area (Å²) in [4.78, 5) is 9.24. The van der Waals surface area contributed by atoms with Gasteiger partial charge in [-0.1, -0.05) is 11.6 Å². The summed E-state index contributed by atoms with van der Waals surface area (Å²) < 4.78 is 42.1. The second-order valence-corrected chi connectivity index (χ2v) is 5.29. The Balaban J connectivity index is 1.86. The van der Waals surface area contributed by atoms with Crippen molar-refractivity contribution in [1.29, 1.82) is 0 Å². The molecule has 1 aromatic heterocycles. The summed E-state index contributed by atoms with van der Waals surface area (Å²) in [5, 5.41) is 3.26. The molecule has 5 nitrogen and oxygen atoms in total. The lowest BCUT2D eigenvalue weighted by Crippen LogP contribution is -2.33. The van der Waals surface area contributed by atoms with Crippen molar-refractivity contribution >= 4 is 17.4 Å². The van der Waals surface area contributed by atoms with Gasteiger partial charge in [0.25, 0.3) is 0 Å². The van der Waals surface area contributed by atoms with Crippen molar-refractivity contribution in [2.45, 2.75) is 12.6 Å². The zero-order chi connectivity index (χ0) is 15.5. The van der Waals surface area contributed by atoms with E-state index < -0.39 is 12.7 Å². The van der Waals surface area contributed by atoms with Gasteiger partial charge in [-0.05, 0) is 18.9 Å². The third-order valence-corrected chi connectivity index (χ3v) is 3.56. The zero-order valence-corrected chi connectivity index (χ0v) is 12.2. The minimum Gasteiger partial charge on any atom is -0.490 e. The van der Waals surface area contributed by atoms with Gasteiger partial charge in [-0.2, -0.15) is 13.2 Å². The van der Waals surface area contributed by atoms with Gasteiger partial charge in [0, 0.05) is 13.1 Å². The molecule has 1 saturated heterocycles. The fourth-order valence-corrected chi connectivity index (χ4v) is 2.59. The fraction of sp³-hybridized carbons (Fsp3) is 0.667. The number of alkyl halides is 3. The number of halogens is 4. The highest BCUT2D eigenvalue weighted by Gasteiger charge is 2.34. The molecular weight excluding hydrogens is 309 g/mol. The van der Waals surface area contributed by atoms with Gasteiger partial charge in [0.15, 0.2) is 16.7 Å². The molecule has 0 saturated carbocycles. The maximum atomic E-state index is 12.3. The summed E-state index contributed by atoms with van der Waals surface area (Å²) in [7, 11) is 1.45. The van der Waals surface area contributed by atoms with E-state index in [0.29, 0.717) is 37.6 Å². The van der Waals surface area contributed by atoms with Gasteiger partial charge in [0.05, 0.1) is 13.7 Å². The average molecular weight is 325 g/mol. The minimum atomic E-state index is -4.15. The SMILES string of the molecule is COc1c(Cl)ncnc1NCC1CCN(CC(F)(F)F)C1. The Hall–Kier alpha value is -1.28. The smallest absolute Gasteiger partial charge is 0.401 e. The lowest BCUT2D eigenvalue weighted by atomic mass is 10.1. The molecule has 2 rings (SSSR count). The van der Waals surface area contributed by atoms with Gasteiger partial charge in [-0.25, -0.2) is 9.97 Å². The molecule has 0 aromatic carbocycles. The first-order valence-electron chi connectivity index (χ1n) is 6.46. The highest BCUT2D eigenvalue weighted by atomic mass is 35.5. The quantitative estimate of drug-likeness (QED) is 0.843. The van der Waals surface area contributed by atoms with Crippen LogP contribution in [0.5, 0.6) is 5.75 Å². The molecule has 21 heavy (non-hydrogen) atoms. The van der Waals surface area contributed by atoms with Crippen molar-refractivity contribution < 1.29 is 17.9 Å². The molecule has 9 heteroatoms. The molecule has 0 bridgehead atoms. The normalized spacial score (nSPS) is 19.8. The fourth-order valence-electron chi connectivity index (χ4n) is 2.38. The minimum absolute atomic E-state index is 0.130. The Kier molecular flexibility index (Phi) is 5.10. The lowest BCUT2D eigenvalue weighted by molar-refractivity contribution is -0.143. The van der Waals surface area contributed by atoms with Crippen molar-refractivity contribution in [3.05, 3.63) is 11.5 Å². The number of likely N-dealkylation sites (tertiary alicyclic amines) is 1. The van der Waals surface area contributed by atoms with Crippen LogP contribution in [0.3, 0.4) is 0 Å². The Morgan fingerprint density at radius 1 is 1.48 bits per heavy atom. The van der Waals surface area contributed by atoms with Gasteiger partial charge in [-0.3, -0.25) is 4.90 Å². The molecule has 0 amide bonds. The molecule has 2 heterocycles. The number of hydrogen-bond acceptors (Lipinski definition) is 5. The number of methoxy groups -OCH3 is 1. The van der Waals surface area contributed by atoms with Crippen LogP contribution in [-0.4, -0.2) is 54.3 Å². The topological polar surface area (TPSA) is 50.3 Å². The standard InChI is InChI=1S/C12H16ClF3N4O/c1-21-9-10(13)18-7-19-11(9)17-4-8-2-3-20(5-8)6-12(14,15)16/h7-8H,2-6H2,1H3,(H,17,18,19). The van der Waals surface area contributed by atoms with Gasteiger partial charge >= 0.3 is 6.18 Å². The van der Waals surface area contributed by atoms with Gasteiger partial charge in [-0.15, -0.1) is 0 Å². The number of hydrogen-bond donors (Lipinski definition) is 1. The molecule has 0 spiro atoms. The molecular formula is C12H16ClF3N4O. The number of nitrogens with zero attached hydrogens (tertiary/aromatic N) is 3. The number of aromatic nitrogens is 2. The third kappa shape index (κ3) is 4.60. The van der Waals surface area contributed by atoms with Crippen LogP contribution in [0.15, 0.2) is 6.33 Å². The number of anilines is 1. The summed E-state index contributed by atoms with van der Waals surface area (Å²) >= 11 is 5.87. The van der Waals surface area contributed by atoms with E-state index in [2.05, 4.69) is 15.3 Å². The Morgan fingerprint density at radius 3 is 2.90 bits per heavy atom. The van der Waals surface area contributed by atoms with Crippen LogP contribution in [-0.2, 0) is 0 Å². The Bertz CT molecular complexity index is 486. The van der Waals surface area contributed by atoms with E-state index in [-0.39, 0.29) is 11.1 Å². The molecule has 1 unspecified atom stereocenters. The summed E-state index contributed by atoms with van der Waals surface area (Å²) in [5.41, 5.74) is 0. The second-order valence-electron chi connectivity index (χ2n) is 4.93. The zero-order valence-electron chi connectivity index (χ0n) is 11.5. The molecule has 1 N–H and O–H groups in total. The molecule has 1 fully saturated rings. The predicted molar refractivity (Wildman–Crippen MR) is 72.7 cm³/mol. The van der Waals surface area contributed by atoms with E-state index >= 15 is 0 Å². The highest BCUT2D eigenvalue weighted by Crippen LogP contribution is 2.29. The van der Waals surface area contributed by atoms with E-state index in [1.54, 1.807) is 0 Å². The van der Waals surface area contributed by atoms with Crippen LogP contribution in [0.25, 0.3) is 0 Å². The van der Waals surface area contributed by atoms with Gasteiger partial charge in [0.1, 0.15) is 6.33 Å². The third-order valence-electron chi connectivity index (χ3n) is 3.30. The molecule has 1 aliphatic rings. The molecule has 1 atom stereocenters. The Morgan fingerprint density at radius 2 is 2.24 bits per heavy atom. The predicted octanol–water partition coefficient (Wildman–Crippen LogP) is 2.43. The van der Waals surface area contributed by atoms with Crippen molar-refractivity contribution in [2.75, 3.05) is 38.6 Å². The van der Waals surface area contributed by atoms with Crippen LogP contribution in [0.4, 0.5) is 19.0 Å². The second kappa shape index (κ2) is 6.65. The first-order valence-corrected chi connectivity index (χ1v) is 6.84. The van der Waals surface area contributed by atoms with E-state index in [9.17, 15) is 13.2 Å². The summed E-state index contributed by atoms with van der Waals surface area (Å²) in [6.45, 7) is 0.519. The molecule has 0 radical (unpaired) electrons. The van der Waals surface area contributed by atoms with Crippen LogP contribution in [0.1, 0.15) is 6.42 Å². The molecule has 118 valence electrons. The molecule has 1 aromatic rings. The maximum absolute atomic E-state index is 12.3. The number of nitrogens with one attached hydrogen (secondary N) is 1. The first-order chi connectivity index (χ1) is 9.89. The monoisotopic (exact) mass is 324 g/mol. The van der Waals surface area contributed by atoms with Crippen LogP contribution in [0.2, 0.25) is 5.15 Å². The molecule has 0 aliphatic carbocycles. The van der Waals surface area contributed by atoms with Crippen LogP contribution < -0.4 is 10.1 Å². The number of ether oxygens (including phenoxy) is 1. The van der Waals surface area contributed by atoms with E-state index in [4.69, 9.17) is 16.3 Å². The number of rotatable bonds is 5. The highest BCUT2D eigenvalue weighted by molar-refractivity contribution is 6.31. The van der Waals surface area contributed by atoms with E-state index in [1.165, 1.54) is 18.3 Å². The maximum Gasteiger partial charge on any atom is 0.401 e. The largest absolute Gasteiger partial charge is 0.490 e. The average Bonchev–Trinajstić information content (AvgIpc) is 2.81. The molecule has 1 aliphatic heterocycles.